The first-order chi connectivity index (χ1) is 8.74. The van der Waals surface area contributed by atoms with Crippen LogP contribution in [0.5, 0.6) is 0 Å². The van der Waals surface area contributed by atoms with Gasteiger partial charge in [0.25, 0.3) is 0 Å². The van der Waals surface area contributed by atoms with Gasteiger partial charge < -0.3 is 14.3 Å². The van der Waals surface area contributed by atoms with Gasteiger partial charge in [0, 0.05) is 0 Å². The minimum absolute atomic E-state index is 0.134. The summed E-state index contributed by atoms with van der Waals surface area (Å²) in [7, 11) is 0. The van der Waals surface area contributed by atoms with Gasteiger partial charge in [-0.2, -0.15) is 0 Å². The van der Waals surface area contributed by atoms with Crippen molar-refractivity contribution in [1.82, 2.24) is 0 Å². The average Bonchev–Trinajstić information content (AvgIpc) is 2.41. The smallest absolute Gasteiger partial charge is 0.102 e. The molecule has 0 fully saturated rings. The number of rotatable bonds is 13. The van der Waals surface area contributed by atoms with Gasteiger partial charge in [0.15, 0.2) is 0 Å². The molecule has 0 rings (SSSR count). The maximum Gasteiger partial charge on any atom is 0.102 e. The van der Waals surface area contributed by atoms with E-state index in [1.807, 2.05) is 0 Å². The third-order valence-electron chi connectivity index (χ3n) is 4.02. The van der Waals surface area contributed by atoms with Crippen molar-refractivity contribution in [2.24, 2.45) is 0 Å². The van der Waals surface area contributed by atoms with Crippen LogP contribution in [0, 0.1) is 0 Å². The number of aliphatic hydroxyl groups excluding tert-OH is 1. The predicted octanol–water partition coefficient (Wildman–Crippen LogP) is 2.82. The molecule has 0 aromatic rings. The lowest BCUT2D eigenvalue weighted by Gasteiger charge is -2.37. The van der Waals surface area contributed by atoms with E-state index in [9.17, 15) is 0 Å². The monoisotopic (exact) mass is 260 g/mol. The summed E-state index contributed by atoms with van der Waals surface area (Å²) in [5.74, 6) is 0. The van der Waals surface area contributed by atoms with Gasteiger partial charge in [0.05, 0.1) is 39.5 Å². The topological polar surface area (TPSA) is 29.5 Å². The van der Waals surface area contributed by atoms with Crippen LogP contribution in [0.25, 0.3) is 0 Å². The van der Waals surface area contributed by atoms with E-state index in [0.29, 0.717) is 6.61 Å². The van der Waals surface area contributed by atoms with Crippen molar-refractivity contribution in [2.45, 2.75) is 52.9 Å². The van der Waals surface area contributed by atoms with E-state index in [0.717, 1.165) is 17.6 Å². The molecule has 0 spiro atoms. The Bertz CT molecular complexity index is 170. The molecule has 0 atom stereocenters. The van der Waals surface area contributed by atoms with Crippen molar-refractivity contribution < 1.29 is 14.3 Å². The fourth-order valence-electron chi connectivity index (χ4n) is 2.44. The van der Waals surface area contributed by atoms with Gasteiger partial charge in [-0.15, -0.1) is 0 Å². The van der Waals surface area contributed by atoms with Crippen LogP contribution in [-0.4, -0.2) is 55.6 Å². The molecule has 0 radical (unpaired) electrons. The molecule has 110 valence electrons. The molecule has 0 aromatic heterocycles. The predicted molar refractivity (Wildman–Crippen MR) is 77.7 cm³/mol. The molecule has 18 heavy (non-hydrogen) atoms. The van der Waals surface area contributed by atoms with Gasteiger partial charge in [-0.25, -0.2) is 0 Å². The fraction of sp³-hybridized carbons (Fsp3) is 1.00. The number of hydrogen-bond donors (Lipinski definition) is 1. The summed E-state index contributed by atoms with van der Waals surface area (Å²) in [4.78, 5) is 0. The third-order valence-corrected chi connectivity index (χ3v) is 4.02. The summed E-state index contributed by atoms with van der Waals surface area (Å²) >= 11 is 0. The number of nitrogens with zero attached hydrogens (tertiary/aromatic N) is 1. The van der Waals surface area contributed by atoms with Gasteiger partial charge in [0.1, 0.15) is 6.54 Å². The minimum atomic E-state index is 0.134. The number of aliphatic hydroxyl groups is 1. The molecule has 0 unspecified atom stereocenters. The maximum atomic E-state index is 8.70. The Morgan fingerprint density at radius 3 is 2.06 bits per heavy atom. The van der Waals surface area contributed by atoms with Gasteiger partial charge in [-0.1, -0.05) is 26.2 Å². The van der Waals surface area contributed by atoms with Crippen LogP contribution in [0.15, 0.2) is 0 Å². The summed E-state index contributed by atoms with van der Waals surface area (Å²) < 4.78 is 6.59. The number of hydrogen-bond acceptors (Lipinski definition) is 2. The average molecular weight is 260 g/mol. The molecule has 0 saturated heterocycles. The van der Waals surface area contributed by atoms with E-state index in [1.165, 1.54) is 51.7 Å². The Hall–Kier alpha value is -0.120. The summed E-state index contributed by atoms with van der Waals surface area (Å²) in [6.07, 6.45) is 6.77. The molecule has 0 aromatic carbocycles. The molecule has 0 amide bonds. The molecule has 3 heteroatoms. The molecule has 0 heterocycles. The summed E-state index contributed by atoms with van der Waals surface area (Å²) in [6, 6.07) is 0. The van der Waals surface area contributed by atoms with Crippen LogP contribution >= 0.6 is 0 Å². The van der Waals surface area contributed by atoms with Crippen molar-refractivity contribution in [3.05, 3.63) is 0 Å². The lowest BCUT2D eigenvalue weighted by atomic mass is 10.1. The number of likely N-dealkylation sites (N-methyl/N-ethyl adjacent to an activating group) is 1. The Kier molecular flexibility index (Phi) is 11.9. The Morgan fingerprint density at radius 1 is 0.833 bits per heavy atom. The van der Waals surface area contributed by atoms with Crippen LogP contribution < -0.4 is 0 Å². The van der Waals surface area contributed by atoms with Crippen molar-refractivity contribution >= 4 is 0 Å². The molecular weight excluding hydrogens is 226 g/mol. The summed E-state index contributed by atoms with van der Waals surface area (Å²) in [6.45, 7) is 12.9. The maximum absolute atomic E-state index is 8.70. The van der Waals surface area contributed by atoms with Crippen LogP contribution in [0.3, 0.4) is 0 Å². The highest BCUT2D eigenvalue weighted by atomic mass is 16.5. The zero-order valence-corrected chi connectivity index (χ0v) is 12.8. The number of quaternary nitrogens is 1. The highest BCUT2D eigenvalue weighted by molar-refractivity contribution is 4.46. The fourth-order valence-corrected chi connectivity index (χ4v) is 2.44. The second-order valence-corrected chi connectivity index (χ2v) is 5.17. The molecule has 0 aliphatic heterocycles. The van der Waals surface area contributed by atoms with Crippen LogP contribution in [0.4, 0.5) is 0 Å². The van der Waals surface area contributed by atoms with Crippen molar-refractivity contribution in [3.63, 3.8) is 0 Å². The normalized spacial score (nSPS) is 12.0. The largest absolute Gasteiger partial charge is 0.394 e. The zero-order chi connectivity index (χ0) is 13.7. The molecule has 0 bridgehead atoms. The van der Waals surface area contributed by atoms with Crippen molar-refractivity contribution in [1.29, 1.82) is 0 Å². The van der Waals surface area contributed by atoms with Gasteiger partial charge in [0.2, 0.25) is 0 Å². The lowest BCUT2D eigenvalue weighted by Crippen LogP contribution is -2.50. The zero-order valence-electron chi connectivity index (χ0n) is 12.8. The second-order valence-electron chi connectivity index (χ2n) is 5.17. The van der Waals surface area contributed by atoms with E-state index in [1.54, 1.807) is 0 Å². The van der Waals surface area contributed by atoms with Gasteiger partial charge in [-0.3, -0.25) is 0 Å². The molecule has 0 aliphatic rings. The molecular formula is C15H34NO2+. The van der Waals surface area contributed by atoms with E-state index < -0.39 is 0 Å². The Morgan fingerprint density at radius 2 is 1.50 bits per heavy atom. The highest BCUT2D eigenvalue weighted by Gasteiger charge is 2.21. The summed E-state index contributed by atoms with van der Waals surface area (Å²) in [5.41, 5.74) is 0. The highest BCUT2D eigenvalue weighted by Crippen LogP contribution is 2.11. The molecule has 1 N–H and O–H groups in total. The first-order valence-electron chi connectivity index (χ1n) is 7.78. The first-order valence-corrected chi connectivity index (χ1v) is 7.78. The SMILES string of the molecule is CCCCCCC[N+](CC)(CC)CCOCCO. The van der Waals surface area contributed by atoms with E-state index >= 15 is 0 Å². The van der Waals surface area contributed by atoms with E-state index in [-0.39, 0.29) is 6.61 Å². The van der Waals surface area contributed by atoms with Crippen molar-refractivity contribution in [2.75, 3.05) is 46.0 Å². The van der Waals surface area contributed by atoms with Gasteiger partial charge >= 0.3 is 0 Å². The van der Waals surface area contributed by atoms with E-state index in [2.05, 4.69) is 20.8 Å². The Labute approximate surface area is 114 Å². The van der Waals surface area contributed by atoms with Gasteiger partial charge in [-0.05, 0) is 26.7 Å². The summed E-state index contributed by atoms with van der Waals surface area (Å²) in [5, 5.41) is 8.70. The second kappa shape index (κ2) is 11.9. The van der Waals surface area contributed by atoms with Crippen LogP contribution in [-0.2, 0) is 4.74 Å². The van der Waals surface area contributed by atoms with E-state index in [4.69, 9.17) is 9.84 Å². The Balaban J connectivity index is 3.85. The number of ether oxygens (including phenoxy) is 1. The quantitative estimate of drug-likeness (QED) is 0.407. The van der Waals surface area contributed by atoms with Crippen LogP contribution in [0.2, 0.25) is 0 Å². The van der Waals surface area contributed by atoms with Crippen molar-refractivity contribution in [3.8, 4) is 0 Å². The standard InChI is InChI=1S/C15H34NO2/c1-4-7-8-9-10-11-16(5-2,6-3)12-14-18-15-13-17/h17H,4-15H2,1-3H3/q+1. The first kappa shape index (κ1) is 17.9. The molecule has 0 aliphatic carbocycles. The third kappa shape index (κ3) is 8.06. The molecule has 3 nitrogen and oxygen atoms in total. The molecule has 0 saturated carbocycles. The lowest BCUT2D eigenvalue weighted by molar-refractivity contribution is -0.925. The minimum Gasteiger partial charge on any atom is -0.394 e. The number of unbranched alkanes of at least 4 members (excludes halogenated alkanes) is 4. The van der Waals surface area contributed by atoms with Crippen LogP contribution in [0.1, 0.15) is 52.9 Å².